The van der Waals surface area contributed by atoms with Crippen LogP contribution in [0, 0.1) is 17.2 Å². The zero-order chi connectivity index (χ0) is 15.9. The Morgan fingerprint density at radius 2 is 2.27 bits per heavy atom. The van der Waals surface area contributed by atoms with Crippen LogP contribution in [0.25, 0.3) is 0 Å². The van der Waals surface area contributed by atoms with Gasteiger partial charge in [-0.3, -0.25) is 0 Å². The van der Waals surface area contributed by atoms with Gasteiger partial charge in [-0.1, -0.05) is 13.8 Å². The molecular formula is C15H19N5O2. The number of furan rings is 1. The van der Waals surface area contributed by atoms with Crippen molar-refractivity contribution in [3.8, 4) is 6.07 Å². The number of hydrogen-bond acceptors (Lipinski definition) is 7. The SMILES string of the molecule is CC(C)COCC(Nc1ncc(C#N)c(N)n1)c1ccco1. The standard InChI is InChI=1S/C15H19N5O2/c1-10(2)8-21-9-12(13-4-3-5-22-13)19-15-18-7-11(6-16)14(17)20-15/h3-5,7,10,12H,8-9H2,1-2H3,(H3,17,18,19,20). The molecule has 0 aliphatic rings. The average Bonchev–Trinajstić information content (AvgIpc) is 3.00. The lowest BCUT2D eigenvalue weighted by atomic mass is 10.2. The third-order valence-electron chi connectivity index (χ3n) is 2.86. The number of anilines is 2. The number of nitriles is 1. The summed E-state index contributed by atoms with van der Waals surface area (Å²) in [5, 5.41) is 12.0. The van der Waals surface area contributed by atoms with E-state index in [9.17, 15) is 0 Å². The quantitative estimate of drug-likeness (QED) is 0.807. The Kier molecular flexibility index (Phi) is 5.33. The summed E-state index contributed by atoms with van der Waals surface area (Å²) in [4.78, 5) is 8.15. The summed E-state index contributed by atoms with van der Waals surface area (Å²) in [6, 6.07) is 5.35. The van der Waals surface area contributed by atoms with Crippen molar-refractivity contribution in [2.24, 2.45) is 5.92 Å². The molecule has 0 saturated carbocycles. The van der Waals surface area contributed by atoms with Crippen LogP contribution in [-0.4, -0.2) is 23.2 Å². The molecule has 0 fully saturated rings. The predicted octanol–water partition coefficient (Wildman–Crippen LogP) is 2.35. The van der Waals surface area contributed by atoms with E-state index in [-0.39, 0.29) is 17.4 Å². The fourth-order valence-electron chi connectivity index (χ4n) is 1.81. The molecule has 2 rings (SSSR count). The van der Waals surface area contributed by atoms with Crippen LogP contribution in [0.3, 0.4) is 0 Å². The zero-order valence-electron chi connectivity index (χ0n) is 12.6. The third kappa shape index (κ3) is 4.20. The van der Waals surface area contributed by atoms with Crippen molar-refractivity contribution < 1.29 is 9.15 Å². The summed E-state index contributed by atoms with van der Waals surface area (Å²) in [6.45, 7) is 5.23. The van der Waals surface area contributed by atoms with Gasteiger partial charge in [-0.25, -0.2) is 4.98 Å². The van der Waals surface area contributed by atoms with Gasteiger partial charge in [0.1, 0.15) is 29.3 Å². The molecule has 3 N–H and O–H groups in total. The zero-order valence-corrected chi connectivity index (χ0v) is 12.6. The molecule has 7 heteroatoms. The Labute approximate surface area is 129 Å². The van der Waals surface area contributed by atoms with Crippen LogP contribution >= 0.6 is 0 Å². The summed E-state index contributed by atoms with van der Waals surface area (Å²) in [7, 11) is 0. The fourth-order valence-corrected chi connectivity index (χ4v) is 1.81. The highest BCUT2D eigenvalue weighted by atomic mass is 16.5. The van der Waals surface area contributed by atoms with Gasteiger partial charge < -0.3 is 20.2 Å². The molecule has 2 aromatic rings. The molecular weight excluding hydrogens is 282 g/mol. The van der Waals surface area contributed by atoms with Crippen LogP contribution in [0.15, 0.2) is 29.0 Å². The summed E-state index contributed by atoms with van der Waals surface area (Å²) in [6.07, 6.45) is 2.99. The summed E-state index contributed by atoms with van der Waals surface area (Å²) in [5.74, 6) is 1.63. The van der Waals surface area contributed by atoms with E-state index in [1.807, 2.05) is 12.1 Å². The van der Waals surface area contributed by atoms with Crippen LogP contribution in [0.2, 0.25) is 0 Å². The van der Waals surface area contributed by atoms with Crippen molar-refractivity contribution in [3.63, 3.8) is 0 Å². The van der Waals surface area contributed by atoms with Gasteiger partial charge in [0.05, 0.1) is 19.1 Å². The van der Waals surface area contributed by atoms with Crippen molar-refractivity contribution in [1.29, 1.82) is 5.26 Å². The largest absolute Gasteiger partial charge is 0.467 e. The number of nitrogens with zero attached hydrogens (tertiary/aromatic N) is 3. The van der Waals surface area contributed by atoms with E-state index in [2.05, 4.69) is 29.1 Å². The average molecular weight is 301 g/mol. The molecule has 0 bridgehead atoms. The van der Waals surface area contributed by atoms with E-state index in [1.165, 1.54) is 6.20 Å². The molecule has 2 heterocycles. The van der Waals surface area contributed by atoms with Gasteiger partial charge in [-0.05, 0) is 18.1 Å². The molecule has 0 radical (unpaired) electrons. The molecule has 0 spiro atoms. The number of hydrogen-bond donors (Lipinski definition) is 2. The Balaban J connectivity index is 2.09. The minimum absolute atomic E-state index is 0.140. The third-order valence-corrected chi connectivity index (χ3v) is 2.86. The second-order valence-corrected chi connectivity index (χ2v) is 5.25. The second-order valence-electron chi connectivity index (χ2n) is 5.25. The molecule has 0 saturated heterocycles. The topological polar surface area (TPSA) is 110 Å². The van der Waals surface area contributed by atoms with Crippen molar-refractivity contribution in [2.75, 3.05) is 24.3 Å². The normalized spacial score (nSPS) is 12.1. The Morgan fingerprint density at radius 3 is 2.86 bits per heavy atom. The fraction of sp³-hybridized carbons (Fsp3) is 0.400. The molecule has 0 amide bonds. The molecule has 0 aliphatic heterocycles. The van der Waals surface area contributed by atoms with Gasteiger partial charge in [0.2, 0.25) is 5.95 Å². The minimum atomic E-state index is -0.235. The molecule has 1 atom stereocenters. The van der Waals surface area contributed by atoms with Crippen LogP contribution in [0.5, 0.6) is 0 Å². The summed E-state index contributed by atoms with van der Waals surface area (Å²) >= 11 is 0. The number of nitrogen functional groups attached to an aromatic ring is 1. The summed E-state index contributed by atoms with van der Waals surface area (Å²) < 4.78 is 11.1. The number of nitrogens with two attached hydrogens (primary N) is 1. The lowest BCUT2D eigenvalue weighted by molar-refractivity contribution is 0.0978. The molecule has 22 heavy (non-hydrogen) atoms. The number of nitrogens with one attached hydrogen (secondary N) is 1. The van der Waals surface area contributed by atoms with Crippen molar-refractivity contribution in [2.45, 2.75) is 19.9 Å². The van der Waals surface area contributed by atoms with E-state index >= 15 is 0 Å². The Morgan fingerprint density at radius 1 is 1.45 bits per heavy atom. The monoisotopic (exact) mass is 301 g/mol. The van der Waals surface area contributed by atoms with Gasteiger partial charge >= 0.3 is 0 Å². The first-order valence-corrected chi connectivity index (χ1v) is 7.00. The first kappa shape index (κ1) is 15.8. The molecule has 116 valence electrons. The summed E-state index contributed by atoms with van der Waals surface area (Å²) in [5.41, 5.74) is 5.94. The predicted molar refractivity (Wildman–Crippen MR) is 81.9 cm³/mol. The van der Waals surface area contributed by atoms with E-state index in [0.717, 1.165) is 5.76 Å². The van der Waals surface area contributed by atoms with Crippen molar-refractivity contribution in [1.82, 2.24) is 9.97 Å². The van der Waals surface area contributed by atoms with Crippen molar-refractivity contribution >= 4 is 11.8 Å². The maximum atomic E-state index is 8.84. The Bertz CT molecular complexity index is 634. The molecule has 7 nitrogen and oxygen atoms in total. The van der Waals surface area contributed by atoms with Gasteiger partial charge in [0.15, 0.2) is 0 Å². The second kappa shape index (κ2) is 7.43. The van der Waals surface area contributed by atoms with Crippen LogP contribution in [0.4, 0.5) is 11.8 Å². The first-order chi connectivity index (χ1) is 10.6. The molecule has 2 aromatic heterocycles. The highest BCUT2D eigenvalue weighted by molar-refractivity contribution is 5.50. The van der Waals surface area contributed by atoms with Crippen LogP contribution < -0.4 is 11.1 Å². The van der Waals surface area contributed by atoms with Crippen molar-refractivity contribution in [3.05, 3.63) is 35.9 Å². The lowest BCUT2D eigenvalue weighted by Crippen LogP contribution is -2.20. The first-order valence-electron chi connectivity index (χ1n) is 7.00. The maximum Gasteiger partial charge on any atom is 0.225 e. The van der Waals surface area contributed by atoms with Gasteiger partial charge in [0.25, 0.3) is 0 Å². The van der Waals surface area contributed by atoms with Gasteiger partial charge in [-0.15, -0.1) is 0 Å². The highest BCUT2D eigenvalue weighted by Crippen LogP contribution is 2.19. The van der Waals surface area contributed by atoms with Crippen LogP contribution in [-0.2, 0) is 4.74 Å². The van der Waals surface area contributed by atoms with Gasteiger partial charge in [-0.2, -0.15) is 10.2 Å². The van der Waals surface area contributed by atoms with Crippen LogP contribution in [0.1, 0.15) is 31.2 Å². The van der Waals surface area contributed by atoms with E-state index in [0.29, 0.717) is 25.1 Å². The molecule has 0 aromatic carbocycles. The number of rotatable bonds is 7. The Hall–Kier alpha value is -2.59. The molecule has 1 unspecified atom stereocenters. The maximum absolute atomic E-state index is 8.84. The van der Waals surface area contributed by atoms with E-state index < -0.39 is 0 Å². The number of ether oxygens (including phenoxy) is 1. The molecule has 0 aliphatic carbocycles. The van der Waals surface area contributed by atoms with E-state index in [1.54, 1.807) is 12.3 Å². The van der Waals surface area contributed by atoms with E-state index in [4.69, 9.17) is 20.1 Å². The van der Waals surface area contributed by atoms with Gasteiger partial charge in [0, 0.05) is 6.61 Å². The smallest absolute Gasteiger partial charge is 0.225 e. The number of aromatic nitrogens is 2. The minimum Gasteiger partial charge on any atom is -0.467 e. The lowest BCUT2D eigenvalue weighted by Gasteiger charge is -2.17. The highest BCUT2D eigenvalue weighted by Gasteiger charge is 2.17.